The highest BCUT2D eigenvalue weighted by Crippen LogP contribution is 2.27. The minimum absolute atomic E-state index is 0.116. The van der Waals surface area contributed by atoms with Gasteiger partial charge in [-0.25, -0.2) is 8.42 Å². The van der Waals surface area contributed by atoms with E-state index in [0.29, 0.717) is 43.5 Å². The largest absolute Gasteiger partial charge is 0.457 e. The second-order valence-corrected chi connectivity index (χ2v) is 9.90. The number of hydrogen-bond acceptors (Lipinski definition) is 6. The average Bonchev–Trinajstić information content (AvgIpc) is 2.89. The number of sulfonamides is 1. The van der Waals surface area contributed by atoms with Gasteiger partial charge in [-0.1, -0.05) is 36.4 Å². The van der Waals surface area contributed by atoms with E-state index in [2.05, 4.69) is 10.2 Å². The number of ether oxygens (including phenoxy) is 2. The van der Waals surface area contributed by atoms with Crippen LogP contribution in [0.4, 0.5) is 5.69 Å². The number of rotatable bonds is 10. The summed E-state index contributed by atoms with van der Waals surface area (Å²) in [7, 11) is -3.96. The highest BCUT2D eigenvalue weighted by atomic mass is 32.2. The lowest BCUT2D eigenvalue weighted by atomic mass is 10.3. The smallest absolute Gasteiger partial charge is 0.264 e. The minimum Gasteiger partial charge on any atom is -0.457 e. The Hall–Kier alpha value is -3.40. The van der Waals surface area contributed by atoms with Crippen molar-refractivity contribution in [3.05, 3.63) is 84.9 Å². The second kappa shape index (κ2) is 11.8. The first kappa shape index (κ1) is 24.7. The van der Waals surface area contributed by atoms with E-state index in [4.69, 9.17) is 9.47 Å². The van der Waals surface area contributed by atoms with Crippen molar-refractivity contribution < 1.29 is 22.7 Å². The molecule has 1 N–H and O–H groups in total. The SMILES string of the molecule is O=C(CN(c1ccc(Oc2ccccc2)cc1)S(=O)(=O)c1ccccc1)NCCN1CCOCC1. The van der Waals surface area contributed by atoms with Gasteiger partial charge in [0.25, 0.3) is 10.0 Å². The van der Waals surface area contributed by atoms with E-state index in [-0.39, 0.29) is 17.3 Å². The first-order valence-corrected chi connectivity index (χ1v) is 12.9. The molecule has 9 heteroatoms. The first-order chi connectivity index (χ1) is 17.0. The van der Waals surface area contributed by atoms with E-state index in [1.54, 1.807) is 42.5 Å². The van der Waals surface area contributed by atoms with Gasteiger partial charge in [-0.15, -0.1) is 0 Å². The van der Waals surface area contributed by atoms with Crippen molar-refractivity contribution in [3.8, 4) is 11.5 Å². The maximum absolute atomic E-state index is 13.5. The van der Waals surface area contributed by atoms with Crippen molar-refractivity contribution in [3.63, 3.8) is 0 Å². The number of carbonyl (C=O) groups excluding carboxylic acids is 1. The van der Waals surface area contributed by atoms with E-state index >= 15 is 0 Å². The summed E-state index contributed by atoms with van der Waals surface area (Å²) >= 11 is 0. The molecule has 0 unspecified atom stereocenters. The van der Waals surface area contributed by atoms with Gasteiger partial charge < -0.3 is 14.8 Å². The second-order valence-electron chi connectivity index (χ2n) is 8.04. The average molecular weight is 496 g/mol. The molecule has 4 rings (SSSR count). The third-order valence-electron chi connectivity index (χ3n) is 5.58. The number of carbonyl (C=O) groups is 1. The molecule has 184 valence electrons. The molecule has 0 atom stereocenters. The molecule has 0 saturated carbocycles. The van der Waals surface area contributed by atoms with Crippen molar-refractivity contribution in [2.45, 2.75) is 4.90 Å². The van der Waals surface area contributed by atoms with E-state index in [9.17, 15) is 13.2 Å². The monoisotopic (exact) mass is 495 g/mol. The van der Waals surface area contributed by atoms with Gasteiger partial charge in [-0.05, 0) is 48.5 Å². The van der Waals surface area contributed by atoms with Gasteiger partial charge in [0.15, 0.2) is 0 Å². The highest BCUT2D eigenvalue weighted by Gasteiger charge is 2.27. The van der Waals surface area contributed by atoms with E-state index in [1.165, 1.54) is 12.1 Å². The fraction of sp³-hybridized carbons (Fsp3) is 0.269. The van der Waals surface area contributed by atoms with Crippen LogP contribution in [-0.4, -0.2) is 65.2 Å². The third kappa shape index (κ3) is 6.82. The van der Waals surface area contributed by atoms with Crippen molar-refractivity contribution in [1.82, 2.24) is 10.2 Å². The molecule has 0 aliphatic carbocycles. The molecule has 0 spiro atoms. The summed E-state index contributed by atoms with van der Waals surface area (Å²) in [6.07, 6.45) is 0. The van der Waals surface area contributed by atoms with Crippen LogP contribution in [-0.2, 0) is 19.6 Å². The van der Waals surface area contributed by atoms with Crippen LogP contribution in [0.5, 0.6) is 11.5 Å². The van der Waals surface area contributed by atoms with Crippen LogP contribution in [0.3, 0.4) is 0 Å². The Morgan fingerprint density at radius 2 is 1.49 bits per heavy atom. The van der Waals surface area contributed by atoms with Crippen LogP contribution in [0, 0.1) is 0 Å². The van der Waals surface area contributed by atoms with Crippen molar-refractivity contribution >= 4 is 21.6 Å². The number of nitrogens with zero attached hydrogens (tertiary/aromatic N) is 2. The molecule has 0 radical (unpaired) electrons. The van der Waals surface area contributed by atoms with Gasteiger partial charge in [0.2, 0.25) is 5.91 Å². The Bertz CT molecular complexity index is 1180. The van der Waals surface area contributed by atoms with Crippen LogP contribution in [0.15, 0.2) is 89.8 Å². The zero-order chi connectivity index (χ0) is 24.5. The van der Waals surface area contributed by atoms with Crippen molar-refractivity contribution in [2.75, 3.05) is 50.2 Å². The molecular formula is C26H29N3O5S. The Morgan fingerprint density at radius 1 is 0.886 bits per heavy atom. The summed E-state index contributed by atoms with van der Waals surface area (Å²) in [4.78, 5) is 15.1. The molecule has 8 nitrogen and oxygen atoms in total. The van der Waals surface area contributed by atoms with Gasteiger partial charge in [-0.3, -0.25) is 14.0 Å². The molecular weight excluding hydrogens is 466 g/mol. The molecule has 1 saturated heterocycles. The summed E-state index contributed by atoms with van der Waals surface area (Å²) in [5, 5.41) is 2.85. The summed E-state index contributed by atoms with van der Waals surface area (Å²) < 4.78 is 39.2. The van der Waals surface area contributed by atoms with E-state index in [1.807, 2.05) is 30.3 Å². The number of nitrogens with one attached hydrogen (secondary N) is 1. The topological polar surface area (TPSA) is 88.2 Å². The number of morpholine rings is 1. The molecule has 3 aromatic rings. The standard InChI is InChI=1S/C26H29N3O5S/c30-26(27-15-16-28-17-19-33-20-18-28)21-29(35(31,32)25-9-5-2-6-10-25)22-11-13-24(14-12-22)34-23-7-3-1-4-8-23/h1-14H,15-21H2,(H,27,30). The third-order valence-corrected chi connectivity index (χ3v) is 7.36. The van der Waals surface area contributed by atoms with E-state index < -0.39 is 10.0 Å². The number of anilines is 1. The predicted octanol–water partition coefficient (Wildman–Crippen LogP) is 3.12. The Morgan fingerprint density at radius 3 is 2.14 bits per heavy atom. The van der Waals surface area contributed by atoms with Gasteiger partial charge >= 0.3 is 0 Å². The van der Waals surface area contributed by atoms with Crippen LogP contribution in [0.1, 0.15) is 0 Å². The Balaban J connectivity index is 1.48. The quantitative estimate of drug-likeness (QED) is 0.465. The maximum atomic E-state index is 13.5. The molecule has 1 aliphatic rings. The highest BCUT2D eigenvalue weighted by molar-refractivity contribution is 7.92. The normalized spacial score (nSPS) is 14.3. The van der Waals surface area contributed by atoms with Crippen LogP contribution in [0.25, 0.3) is 0 Å². The molecule has 1 aliphatic heterocycles. The zero-order valence-electron chi connectivity index (χ0n) is 19.4. The lowest BCUT2D eigenvalue weighted by Crippen LogP contribution is -2.44. The summed E-state index contributed by atoms with van der Waals surface area (Å²) in [5.41, 5.74) is 0.373. The predicted molar refractivity (Wildman–Crippen MR) is 134 cm³/mol. The van der Waals surface area contributed by atoms with E-state index in [0.717, 1.165) is 17.4 Å². The summed E-state index contributed by atoms with van der Waals surface area (Å²) in [6, 6.07) is 24.1. The van der Waals surface area contributed by atoms with Gasteiger partial charge in [0, 0.05) is 26.2 Å². The van der Waals surface area contributed by atoms with Gasteiger partial charge in [-0.2, -0.15) is 0 Å². The number of hydrogen-bond donors (Lipinski definition) is 1. The fourth-order valence-electron chi connectivity index (χ4n) is 3.70. The number of para-hydroxylation sites is 1. The Labute approximate surface area is 206 Å². The van der Waals surface area contributed by atoms with Crippen LogP contribution in [0.2, 0.25) is 0 Å². The maximum Gasteiger partial charge on any atom is 0.264 e. The molecule has 3 aromatic carbocycles. The fourth-order valence-corrected chi connectivity index (χ4v) is 5.15. The molecule has 0 bridgehead atoms. The lowest BCUT2D eigenvalue weighted by Gasteiger charge is -2.27. The van der Waals surface area contributed by atoms with Crippen molar-refractivity contribution in [1.29, 1.82) is 0 Å². The zero-order valence-corrected chi connectivity index (χ0v) is 20.2. The molecule has 1 amide bonds. The lowest BCUT2D eigenvalue weighted by molar-refractivity contribution is -0.119. The number of benzene rings is 3. The molecule has 1 heterocycles. The molecule has 0 aromatic heterocycles. The summed E-state index contributed by atoms with van der Waals surface area (Å²) in [6.45, 7) is 3.79. The van der Waals surface area contributed by atoms with Gasteiger partial charge in [0.1, 0.15) is 18.0 Å². The summed E-state index contributed by atoms with van der Waals surface area (Å²) in [5.74, 6) is 0.864. The minimum atomic E-state index is -3.96. The molecule has 1 fully saturated rings. The van der Waals surface area contributed by atoms with Crippen molar-refractivity contribution in [2.24, 2.45) is 0 Å². The Kier molecular flexibility index (Phi) is 8.36. The van der Waals surface area contributed by atoms with Crippen LogP contribution < -0.4 is 14.4 Å². The first-order valence-electron chi connectivity index (χ1n) is 11.5. The van der Waals surface area contributed by atoms with Crippen LogP contribution >= 0.6 is 0 Å². The van der Waals surface area contributed by atoms with Gasteiger partial charge in [0.05, 0.1) is 23.8 Å². The number of amides is 1. The molecule has 35 heavy (non-hydrogen) atoms.